The molecule has 3 nitrogen and oxygen atoms in total. The van der Waals surface area contributed by atoms with Crippen molar-refractivity contribution in [3.63, 3.8) is 0 Å². The normalized spacial score (nSPS) is 10.7. The van der Waals surface area contributed by atoms with Gasteiger partial charge in [0.15, 0.2) is 5.82 Å². The highest BCUT2D eigenvalue weighted by Gasteiger charge is 2.12. The number of halogens is 2. The second kappa shape index (κ2) is 5.37. The third-order valence-electron chi connectivity index (χ3n) is 2.02. The maximum absolute atomic E-state index is 6.10. The highest BCUT2D eigenvalue weighted by atomic mass is 127. The average Bonchev–Trinajstić information content (AvgIpc) is 2.78. The average molecular weight is 366 g/mol. The quantitative estimate of drug-likeness (QED) is 0.613. The second-order valence-corrected chi connectivity index (χ2v) is 5.54. The molecule has 6 heteroatoms. The summed E-state index contributed by atoms with van der Waals surface area (Å²) in [5.41, 5.74) is 2.79. The molecule has 2 aromatic heterocycles. The minimum absolute atomic E-state index is 0.530. The molecule has 2 aromatic rings. The van der Waals surface area contributed by atoms with Crippen molar-refractivity contribution in [2.24, 2.45) is 0 Å². The van der Waals surface area contributed by atoms with E-state index in [1.165, 1.54) is 11.3 Å². The summed E-state index contributed by atoms with van der Waals surface area (Å²) in [5.74, 6) is 0.677. The fraction of sp³-hybridized carbons (Fsp3) is 0.300. The Morgan fingerprint density at radius 1 is 1.44 bits per heavy atom. The Morgan fingerprint density at radius 2 is 2.25 bits per heavy atom. The lowest BCUT2D eigenvalue weighted by atomic mass is 10.2. The summed E-state index contributed by atoms with van der Waals surface area (Å²) in [5, 5.41) is 0.530. The highest BCUT2D eigenvalue weighted by Crippen LogP contribution is 2.26. The van der Waals surface area contributed by atoms with Crippen LogP contribution in [0.5, 0.6) is 0 Å². The first-order valence-electron chi connectivity index (χ1n) is 4.83. The molecule has 0 aliphatic rings. The lowest BCUT2D eigenvalue weighted by molar-refractivity contribution is 0.868. The Bertz CT molecular complexity index is 487. The summed E-state index contributed by atoms with van der Waals surface area (Å²) in [4.78, 5) is 13.8. The van der Waals surface area contributed by atoms with Crippen LogP contribution in [-0.4, -0.2) is 15.0 Å². The number of nitrogens with zero attached hydrogens (tertiary/aromatic N) is 3. The summed E-state index contributed by atoms with van der Waals surface area (Å²) in [7, 11) is 0. The highest BCUT2D eigenvalue weighted by molar-refractivity contribution is 14.1. The molecule has 0 N–H and O–H groups in total. The lowest BCUT2D eigenvalue weighted by Crippen LogP contribution is -1.99. The van der Waals surface area contributed by atoms with Gasteiger partial charge in [0.2, 0.25) is 0 Å². The molecule has 0 aromatic carbocycles. The van der Waals surface area contributed by atoms with Crippen molar-refractivity contribution in [1.82, 2.24) is 15.0 Å². The summed E-state index contributed by atoms with van der Waals surface area (Å²) < 4.78 is 0.953. The largest absolute Gasteiger partial charge is 0.252 e. The molecule has 0 bridgehead atoms. The van der Waals surface area contributed by atoms with Crippen molar-refractivity contribution >= 4 is 45.5 Å². The molecule has 84 valence electrons. The van der Waals surface area contributed by atoms with Crippen LogP contribution in [0, 0.1) is 3.57 Å². The molecular formula is C10H9ClIN3S. The molecule has 2 heterocycles. The van der Waals surface area contributed by atoms with Crippen LogP contribution in [0.4, 0.5) is 0 Å². The first kappa shape index (κ1) is 12.2. The Kier molecular flexibility index (Phi) is 4.10. The van der Waals surface area contributed by atoms with Gasteiger partial charge in [-0.3, -0.25) is 4.98 Å². The van der Waals surface area contributed by atoms with E-state index in [0.717, 1.165) is 27.0 Å². The van der Waals surface area contributed by atoms with Gasteiger partial charge in [0, 0.05) is 6.20 Å². The van der Waals surface area contributed by atoms with Crippen LogP contribution in [-0.2, 0) is 6.42 Å². The van der Waals surface area contributed by atoms with E-state index in [-0.39, 0.29) is 0 Å². The van der Waals surface area contributed by atoms with Gasteiger partial charge in [-0.1, -0.05) is 24.9 Å². The van der Waals surface area contributed by atoms with E-state index < -0.39 is 0 Å². The van der Waals surface area contributed by atoms with Gasteiger partial charge < -0.3 is 0 Å². The minimum atomic E-state index is 0.530. The first-order valence-corrected chi connectivity index (χ1v) is 7.16. The van der Waals surface area contributed by atoms with E-state index in [1.807, 2.05) is 0 Å². The molecular weight excluding hydrogens is 357 g/mol. The van der Waals surface area contributed by atoms with E-state index in [9.17, 15) is 0 Å². The number of hydrogen-bond donors (Lipinski definition) is 0. The molecule has 0 aliphatic carbocycles. The maximum atomic E-state index is 6.10. The molecule has 0 atom stereocenters. The summed E-state index contributed by atoms with van der Waals surface area (Å²) in [6.45, 7) is 2.12. The van der Waals surface area contributed by atoms with Crippen molar-refractivity contribution in [2.45, 2.75) is 19.8 Å². The van der Waals surface area contributed by atoms with Gasteiger partial charge in [-0.25, -0.2) is 9.97 Å². The van der Waals surface area contributed by atoms with Crippen LogP contribution in [0.1, 0.15) is 19.0 Å². The third kappa shape index (κ3) is 2.52. The number of thiazole rings is 1. The van der Waals surface area contributed by atoms with Crippen LogP contribution in [0.3, 0.4) is 0 Å². The fourth-order valence-electron chi connectivity index (χ4n) is 1.30. The van der Waals surface area contributed by atoms with Crippen LogP contribution in [0.2, 0.25) is 5.15 Å². The van der Waals surface area contributed by atoms with E-state index in [2.05, 4.69) is 44.5 Å². The molecule has 0 aliphatic heterocycles. The molecule has 2 rings (SSSR count). The number of rotatable bonds is 3. The third-order valence-corrected chi connectivity index (χ3v) is 4.51. The van der Waals surface area contributed by atoms with E-state index in [4.69, 9.17) is 11.6 Å². The maximum Gasteiger partial charge on any atom is 0.172 e. The monoisotopic (exact) mass is 365 g/mol. The van der Waals surface area contributed by atoms with Gasteiger partial charge >= 0.3 is 0 Å². The predicted octanol–water partition coefficient (Wildman–Crippen LogP) is 3.81. The van der Waals surface area contributed by atoms with E-state index >= 15 is 0 Å². The van der Waals surface area contributed by atoms with Crippen molar-refractivity contribution in [3.8, 4) is 10.7 Å². The van der Waals surface area contributed by atoms with Crippen molar-refractivity contribution < 1.29 is 0 Å². The van der Waals surface area contributed by atoms with Gasteiger partial charge in [0.25, 0.3) is 0 Å². The van der Waals surface area contributed by atoms with Crippen LogP contribution in [0.15, 0.2) is 11.7 Å². The van der Waals surface area contributed by atoms with Crippen LogP contribution >= 0.6 is 45.5 Å². The molecule has 16 heavy (non-hydrogen) atoms. The summed E-state index contributed by atoms with van der Waals surface area (Å²) in [6, 6.07) is 0. The van der Waals surface area contributed by atoms with Crippen molar-refractivity contribution in [3.05, 3.63) is 26.1 Å². The Morgan fingerprint density at radius 3 is 2.88 bits per heavy atom. The zero-order valence-corrected chi connectivity index (χ0v) is 12.3. The molecule has 0 amide bonds. The van der Waals surface area contributed by atoms with Crippen LogP contribution in [0.25, 0.3) is 10.7 Å². The van der Waals surface area contributed by atoms with Crippen LogP contribution < -0.4 is 0 Å². The van der Waals surface area contributed by atoms with E-state index in [1.54, 1.807) is 11.7 Å². The van der Waals surface area contributed by atoms with Gasteiger partial charge in [0.1, 0.15) is 5.15 Å². The fourth-order valence-corrected chi connectivity index (χ4v) is 2.56. The number of aromatic nitrogens is 3. The number of hydrogen-bond acceptors (Lipinski definition) is 4. The minimum Gasteiger partial charge on any atom is -0.252 e. The molecule has 0 saturated carbocycles. The first-order chi connectivity index (χ1) is 7.72. The zero-order chi connectivity index (χ0) is 11.5. The standard InChI is InChI=1S/C10H9ClIN3S/c1-2-3-6-8(12)9(11)15-10(14-6)7-4-13-5-16-7/h4-5H,2-3H2,1H3. The van der Waals surface area contributed by atoms with E-state index in [0.29, 0.717) is 11.0 Å². The molecule has 0 radical (unpaired) electrons. The zero-order valence-electron chi connectivity index (χ0n) is 8.57. The predicted molar refractivity (Wildman–Crippen MR) is 74.9 cm³/mol. The van der Waals surface area contributed by atoms with Gasteiger partial charge in [-0.15, -0.1) is 11.3 Å². The molecule has 0 fully saturated rings. The summed E-state index contributed by atoms with van der Waals surface area (Å²) >= 11 is 9.81. The smallest absolute Gasteiger partial charge is 0.172 e. The van der Waals surface area contributed by atoms with Crippen molar-refractivity contribution in [2.75, 3.05) is 0 Å². The Labute approximate surface area is 116 Å². The molecule has 0 spiro atoms. The van der Waals surface area contributed by atoms with Gasteiger partial charge in [0.05, 0.1) is 19.7 Å². The second-order valence-electron chi connectivity index (χ2n) is 3.21. The molecule has 0 saturated heterocycles. The van der Waals surface area contributed by atoms with Gasteiger partial charge in [-0.2, -0.15) is 0 Å². The van der Waals surface area contributed by atoms with Crippen molar-refractivity contribution in [1.29, 1.82) is 0 Å². The summed E-state index contributed by atoms with van der Waals surface area (Å²) in [6.07, 6.45) is 3.73. The van der Waals surface area contributed by atoms with Gasteiger partial charge in [-0.05, 0) is 29.0 Å². The Balaban J connectivity index is 2.48. The number of aryl methyl sites for hydroxylation is 1. The molecule has 0 unspecified atom stereocenters. The SMILES string of the molecule is CCCc1nc(-c2cncs2)nc(Cl)c1I. The lowest BCUT2D eigenvalue weighted by Gasteiger charge is -2.05. The Hall–Kier alpha value is -0.270. The topological polar surface area (TPSA) is 38.7 Å².